The van der Waals surface area contributed by atoms with Gasteiger partial charge < -0.3 is 5.73 Å². The van der Waals surface area contributed by atoms with Crippen molar-refractivity contribution in [1.29, 1.82) is 0 Å². The Morgan fingerprint density at radius 1 is 1.44 bits per heavy atom. The molecule has 2 rings (SSSR count). The minimum Gasteiger partial charge on any atom is -0.327 e. The smallest absolute Gasteiger partial charge is 0.0271 e. The van der Waals surface area contributed by atoms with Crippen LogP contribution in [0, 0.1) is 5.41 Å². The van der Waals surface area contributed by atoms with Crippen molar-refractivity contribution in [3.63, 3.8) is 0 Å². The molecule has 1 aromatic rings. The molecule has 1 aromatic heterocycles. The summed E-state index contributed by atoms with van der Waals surface area (Å²) in [6, 6.07) is 4.56. The van der Waals surface area contributed by atoms with Crippen LogP contribution in [0.5, 0.6) is 0 Å². The normalized spacial score (nSPS) is 27.9. The van der Waals surface area contributed by atoms with E-state index in [2.05, 4.69) is 35.9 Å². The average molecular weight is 247 g/mol. The van der Waals surface area contributed by atoms with Crippen molar-refractivity contribution in [3.05, 3.63) is 30.1 Å². The highest BCUT2D eigenvalue weighted by Gasteiger charge is 2.37. The van der Waals surface area contributed by atoms with Crippen molar-refractivity contribution in [1.82, 2.24) is 9.88 Å². The maximum absolute atomic E-state index is 6.27. The van der Waals surface area contributed by atoms with Gasteiger partial charge in [-0.2, -0.15) is 0 Å². The van der Waals surface area contributed by atoms with Crippen LogP contribution in [0.1, 0.15) is 38.7 Å². The molecule has 2 unspecified atom stereocenters. The molecule has 3 heteroatoms. The summed E-state index contributed by atoms with van der Waals surface area (Å²) in [6.45, 7) is 7.75. The number of hydrogen-bond acceptors (Lipinski definition) is 3. The second kappa shape index (κ2) is 5.81. The Balaban J connectivity index is 1.97. The first kappa shape index (κ1) is 13.5. The highest BCUT2D eigenvalue weighted by Crippen LogP contribution is 2.37. The molecular weight excluding hydrogens is 222 g/mol. The van der Waals surface area contributed by atoms with E-state index in [9.17, 15) is 0 Å². The van der Waals surface area contributed by atoms with Crippen LogP contribution in [0.4, 0.5) is 0 Å². The third-order valence-electron chi connectivity index (χ3n) is 4.35. The molecule has 0 aromatic carbocycles. The molecule has 1 saturated carbocycles. The van der Waals surface area contributed by atoms with Crippen LogP contribution in [-0.4, -0.2) is 29.0 Å². The Kier molecular flexibility index (Phi) is 4.36. The van der Waals surface area contributed by atoms with Crippen LogP contribution in [0.2, 0.25) is 0 Å². The molecule has 2 atom stereocenters. The second-order valence-electron chi connectivity index (χ2n) is 5.81. The second-order valence-corrected chi connectivity index (χ2v) is 5.81. The third-order valence-corrected chi connectivity index (χ3v) is 4.35. The van der Waals surface area contributed by atoms with E-state index in [0.29, 0.717) is 11.5 Å². The van der Waals surface area contributed by atoms with Gasteiger partial charge in [-0.3, -0.25) is 9.88 Å². The van der Waals surface area contributed by atoms with E-state index in [4.69, 9.17) is 5.73 Å². The van der Waals surface area contributed by atoms with Crippen molar-refractivity contribution >= 4 is 0 Å². The molecular formula is C15H25N3. The van der Waals surface area contributed by atoms with Gasteiger partial charge in [-0.05, 0) is 42.5 Å². The lowest BCUT2D eigenvalue weighted by Crippen LogP contribution is -2.44. The number of nitrogens with two attached hydrogens (primary N) is 1. The fourth-order valence-electron chi connectivity index (χ4n) is 2.99. The Morgan fingerprint density at radius 3 is 2.72 bits per heavy atom. The van der Waals surface area contributed by atoms with E-state index in [1.54, 1.807) is 0 Å². The SMILES string of the molecule is CCN(Cc1ccncc1)CC1(C)CCCC1N. The predicted octanol–water partition coefficient (Wildman–Crippen LogP) is 2.42. The summed E-state index contributed by atoms with van der Waals surface area (Å²) in [5, 5.41) is 0. The summed E-state index contributed by atoms with van der Waals surface area (Å²) in [4.78, 5) is 6.57. The van der Waals surface area contributed by atoms with Gasteiger partial charge in [-0.15, -0.1) is 0 Å². The Hall–Kier alpha value is -0.930. The summed E-state index contributed by atoms with van der Waals surface area (Å²) in [5.41, 5.74) is 7.90. The molecule has 0 spiro atoms. The Morgan fingerprint density at radius 2 is 2.17 bits per heavy atom. The third kappa shape index (κ3) is 3.09. The van der Waals surface area contributed by atoms with Gasteiger partial charge in [-0.25, -0.2) is 0 Å². The molecule has 1 heterocycles. The topological polar surface area (TPSA) is 42.2 Å². The van der Waals surface area contributed by atoms with Gasteiger partial charge in [0, 0.05) is 31.5 Å². The molecule has 3 nitrogen and oxygen atoms in total. The van der Waals surface area contributed by atoms with Crippen molar-refractivity contribution < 1.29 is 0 Å². The number of pyridine rings is 1. The van der Waals surface area contributed by atoms with Crippen molar-refractivity contribution in [3.8, 4) is 0 Å². The highest BCUT2D eigenvalue weighted by atomic mass is 15.1. The monoisotopic (exact) mass is 247 g/mol. The molecule has 18 heavy (non-hydrogen) atoms. The number of hydrogen-bond donors (Lipinski definition) is 1. The van der Waals surface area contributed by atoms with Gasteiger partial charge in [0.25, 0.3) is 0 Å². The molecule has 0 amide bonds. The van der Waals surface area contributed by atoms with Crippen molar-refractivity contribution in [2.75, 3.05) is 13.1 Å². The largest absolute Gasteiger partial charge is 0.327 e. The lowest BCUT2D eigenvalue weighted by molar-refractivity contribution is 0.152. The number of rotatable bonds is 5. The van der Waals surface area contributed by atoms with E-state index in [1.807, 2.05) is 12.4 Å². The zero-order chi connectivity index (χ0) is 13.0. The van der Waals surface area contributed by atoms with Crippen LogP contribution in [0.25, 0.3) is 0 Å². The number of aromatic nitrogens is 1. The van der Waals surface area contributed by atoms with Crippen LogP contribution < -0.4 is 5.73 Å². The van der Waals surface area contributed by atoms with E-state index in [-0.39, 0.29) is 0 Å². The van der Waals surface area contributed by atoms with Crippen LogP contribution in [0.15, 0.2) is 24.5 Å². The van der Waals surface area contributed by atoms with E-state index >= 15 is 0 Å². The minimum atomic E-state index is 0.295. The molecule has 1 aliphatic carbocycles. The van der Waals surface area contributed by atoms with E-state index in [1.165, 1.54) is 24.8 Å². The first-order chi connectivity index (χ1) is 8.64. The van der Waals surface area contributed by atoms with Crippen molar-refractivity contribution in [2.24, 2.45) is 11.1 Å². The molecule has 100 valence electrons. The quantitative estimate of drug-likeness (QED) is 0.869. The summed E-state index contributed by atoms with van der Waals surface area (Å²) in [6.07, 6.45) is 7.47. The number of nitrogens with zero attached hydrogens (tertiary/aromatic N) is 2. The highest BCUT2D eigenvalue weighted by molar-refractivity contribution is 5.09. The first-order valence-corrected chi connectivity index (χ1v) is 7.01. The summed E-state index contributed by atoms with van der Waals surface area (Å²) in [7, 11) is 0. The maximum Gasteiger partial charge on any atom is 0.0271 e. The summed E-state index contributed by atoms with van der Waals surface area (Å²) < 4.78 is 0. The molecule has 1 aliphatic rings. The lowest BCUT2D eigenvalue weighted by atomic mass is 9.84. The zero-order valence-electron chi connectivity index (χ0n) is 11.6. The summed E-state index contributed by atoms with van der Waals surface area (Å²) in [5.74, 6) is 0. The fraction of sp³-hybridized carbons (Fsp3) is 0.667. The van der Waals surface area contributed by atoms with Crippen LogP contribution >= 0.6 is 0 Å². The van der Waals surface area contributed by atoms with Crippen LogP contribution in [-0.2, 0) is 6.54 Å². The van der Waals surface area contributed by atoms with Gasteiger partial charge in [0.15, 0.2) is 0 Å². The zero-order valence-corrected chi connectivity index (χ0v) is 11.6. The molecule has 0 radical (unpaired) electrons. The van der Waals surface area contributed by atoms with Crippen LogP contribution in [0.3, 0.4) is 0 Å². The fourth-order valence-corrected chi connectivity index (χ4v) is 2.99. The molecule has 0 bridgehead atoms. The van der Waals surface area contributed by atoms with Gasteiger partial charge in [-0.1, -0.05) is 20.3 Å². The van der Waals surface area contributed by atoms with E-state index < -0.39 is 0 Å². The Bertz CT molecular complexity index is 365. The van der Waals surface area contributed by atoms with Gasteiger partial charge in [0.2, 0.25) is 0 Å². The lowest BCUT2D eigenvalue weighted by Gasteiger charge is -2.35. The molecule has 0 saturated heterocycles. The maximum atomic E-state index is 6.27. The first-order valence-electron chi connectivity index (χ1n) is 7.01. The molecule has 2 N–H and O–H groups in total. The Labute approximate surface area is 110 Å². The van der Waals surface area contributed by atoms with Gasteiger partial charge in [0.1, 0.15) is 0 Å². The molecule has 1 fully saturated rings. The van der Waals surface area contributed by atoms with Gasteiger partial charge >= 0.3 is 0 Å². The standard InChI is InChI=1S/C15H25N3/c1-3-18(11-13-6-9-17-10-7-13)12-15(2)8-4-5-14(15)16/h6-7,9-10,14H,3-5,8,11-12,16H2,1-2H3. The minimum absolute atomic E-state index is 0.295. The van der Waals surface area contributed by atoms with Gasteiger partial charge in [0.05, 0.1) is 0 Å². The summed E-state index contributed by atoms with van der Waals surface area (Å²) >= 11 is 0. The molecule has 0 aliphatic heterocycles. The predicted molar refractivity (Wildman–Crippen MR) is 75.1 cm³/mol. The van der Waals surface area contributed by atoms with E-state index in [0.717, 1.165) is 19.6 Å². The average Bonchev–Trinajstić information content (AvgIpc) is 2.70. The van der Waals surface area contributed by atoms with Crippen molar-refractivity contribution in [2.45, 2.75) is 45.7 Å².